The average molecular weight is 280 g/mol. The van der Waals surface area contributed by atoms with Crippen molar-refractivity contribution in [1.82, 2.24) is 20.5 Å². The second kappa shape index (κ2) is 5.08. The number of thiazole rings is 1. The first kappa shape index (κ1) is 13.7. The Hall–Kier alpha value is -1.76. The summed E-state index contributed by atoms with van der Waals surface area (Å²) in [6, 6.07) is 0. The van der Waals surface area contributed by atoms with Gasteiger partial charge in [-0.2, -0.15) is 0 Å². The molecular weight excluding hydrogens is 264 g/mol. The molecule has 0 radical (unpaired) electrons. The lowest BCUT2D eigenvalue weighted by atomic mass is 9.96. The molecule has 0 aliphatic heterocycles. The average Bonchev–Trinajstić information content (AvgIpc) is 2.92. The summed E-state index contributed by atoms with van der Waals surface area (Å²) in [7, 11) is 0. The molecule has 2 rings (SSSR count). The summed E-state index contributed by atoms with van der Waals surface area (Å²) in [6.07, 6.45) is 0. The summed E-state index contributed by atoms with van der Waals surface area (Å²) < 4.78 is 5.51. The van der Waals surface area contributed by atoms with E-state index >= 15 is 0 Å². The fourth-order valence-corrected chi connectivity index (χ4v) is 2.07. The number of carbonyl (C=O) groups excluding carboxylic acids is 1. The largest absolute Gasteiger partial charge is 0.418 e. The molecule has 0 aromatic carbocycles. The van der Waals surface area contributed by atoms with Crippen LogP contribution < -0.4 is 5.32 Å². The summed E-state index contributed by atoms with van der Waals surface area (Å²) >= 11 is 1.45. The van der Waals surface area contributed by atoms with E-state index in [9.17, 15) is 4.79 Å². The van der Waals surface area contributed by atoms with Crippen molar-refractivity contribution in [1.29, 1.82) is 0 Å². The highest BCUT2D eigenvalue weighted by Gasteiger charge is 2.21. The normalized spacial score (nSPS) is 11.6. The highest BCUT2D eigenvalue weighted by Crippen LogP contribution is 2.25. The van der Waals surface area contributed by atoms with Gasteiger partial charge < -0.3 is 9.73 Å². The molecule has 1 N–H and O–H groups in total. The Morgan fingerprint density at radius 2 is 2.16 bits per heavy atom. The smallest absolute Gasteiger partial charge is 0.259 e. The first-order valence-corrected chi connectivity index (χ1v) is 6.77. The van der Waals surface area contributed by atoms with Crippen LogP contribution >= 0.6 is 11.3 Å². The standard InChI is InChI=1S/C12H16N4O2S/c1-7-9(19-6-14-7)10-16-15-8(18-10)5-13-11(17)12(2,3)4/h6H,5H2,1-4H3,(H,13,17). The second-order valence-electron chi connectivity index (χ2n) is 5.20. The van der Waals surface area contributed by atoms with E-state index in [1.165, 1.54) is 11.3 Å². The minimum atomic E-state index is -0.433. The molecule has 19 heavy (non-hydrogen) atoms. The van der Waals surface area contributed by atoms with Crippen LogP contribution in [0.5, 0.6) is 0 Å². The third kappa shape index (κ3) is 3.17. The van der Waals surface area contributed by atoms with Crippen LogP contribution in [0.25, 0.3) is 10.8 Å². The monoisotopic (exact) mass is 280 g/mol. The predicted molar refractivity (Wildman–Crippen MR) is 71.4 cm³/mol. The van der Waals surface area contributed by atoms with Crippen molar-refractivity contribution >= 4 is 17.2 Å². The van der Waals surface area contributed by atoms with E-state index in [1.807, 2.05) is 27.7 Å². The van der Waals surface area contributed by atoms with Gasteiger partial charge >= 0.3 is 0 Å². The van der Waals surface area contributed by atoms with Gasteiger partial charge in [-0.05, 0) is 6.92 Å². The van der Waals surface area contributed by atoms with E-state index < -0.39 is 5.41 Å². The summed E-state index contributed by atoms with van der Waals surface area (Å²) in [4.78, 5) is 16.7. The maximum Gasteiger partial charge on any atom is 0.259 e. The van der Waals surface area contributed by atoms with Crippen LogP contribution in [-0.4, -0.2) is 21.1 Å². The van der Waals surface area contributed by atoms with E-state index in [1.54, 1.807) is 5.51 Å². The van der Waals surface area contributed by atoms with Crippen LogP contribution in [-0.2, 0) is 11.3 Å². The Balaban J connectivity index is 2.03. The molecule has 0 saturated heterocycles. The Morgan fingerprint density at radius 1 is 1.42 bits per heavy atom. The molecule has 0 bridgehead atoms. The molecule has 6 nitrogen and oxygen atoms in total. The van der Waals surface area contributed by atoms with Crippen LogP contribution in [0.15, 0.2) is 9.93 Å². The van der Waals surface area contributed by atoms with Gasteiger partial charge in [-0.1, -0.05) is 20.8 Å². The number of hydrogen-bond acceptors (Lipinski definition) is 6. The van der Waals surface area contributed by atoms with E-state index in [0.29, 0.717) is 11.8 Å². The van der Waals surface area contributed by atoms with Crippen molar-refractivity contribution in [2.24, 2.45) is 5.41 Å². The maximum atomic E-state index is 11.7. The van der Waals surface area contributed by atoms with E-state index in [2.05, 4.69) is 20.5 Å². The van der Waals surface area contributed by atoms with Crippen LogP contribution in [0.1, 0.15) is 32.4 Å². The molecule has 0 unspecified atom stereocenters. The zero-order valence-electron chi connectivity index (χ0n) is 11.4. The summed E-state index contributed by atoms with van der Waals surface area (Å²) in [6.45, 7) is 7.67. The van der Waals surface area contributed by atoms with Gasteiger partial charge in [0.2, 0.25) is 11.8 Å². The molecule has 0 atom stereocenters. The molecule has 1 amide bonds. The lowest BCUT2D eigenvalue weighted by Gasteiger charge is -2.16. The molecule has 2 aromatic rings. The SMILES string of the molecule is Cc1ncsc1-c1nnc(CNC(=O)C(C)(C)C)o1. The fraction of sp³-hybridized carbons (Fsp3) is 0.500. The van der Waals surface area contributed by atoms with Crippen LogP contribution in [0.4, 0.5) is 0 Å². The zero-order valence-corrected chi connectivity index (χ0v) is 12.2. The van der Waals surface area contributed by atoms with Crippen molar-refractivity contribution < 1.29 is 9.21 Å². The summed E-state index contributed by atoms with van der Waals surface area (Å²) in [5.74, 6) is 0.779. The number of carbonyl (C=O) groups is 1. The van der Waals surface area contributed by atoms with Crippen molar-refractivity contribution in [2.75, 3.05) is 0 Å². The van der Waals surface area contributed by atoms with Crippen LogP contribution in [0.3, 0.4) is 0 Å². The molecule has 102 valence electrons. The van der Waals surface area contributed by atoms with Crippen LogP contribution in [0.2, 0.25) is 0 Å². The number of nitrogens with one attached hydrogen (secondary N) is 1. The lowest BCUT2D eigenvalue weighted by molar-refractivity contribution is -0.128. The minimum Gasteiger partial charge on any atom is -0.418 e. The quantitative estimate of drug-likeness (QED) is 0.931. The molecule has 0 aliphatic carbocycles. The zero-order chi connectivity index (χ0) is 14.0. The topological polar surface area (TPSA) is 80.9 Å². The van der Waals surface area contributed by atoms with E-state index in [4.69, 9.17) is 4.42 Å². The summed E-state index contributed by atoms with van der Waals surface area (Å²) in [5, 5.41) is 10.6. The molecular formula is C12H16N4O2S. The summed E-state index contributed by atoms with van der Waals surface area (Å²) in [5.41, 5.74) is 2.16. The Labute approximate surface area is 115 Å². The first-order chi connectivity index (χ1) is 8.88. The Bertz CT molecular complexity index is 583. The number of aryl methyl sites for hydroxylation is 1. The van der Waals surface area contributed by atoms with Crippen molar-refractivity contribution in [3.63, 3.8) is 0 Å². The van der Waals surface area contributed by atoms with Gasteiger partial charge in [-0.3, -0.25) is 4.79 Å². The molecule has 2 aromatic heterocycles. The van der Waals surface area contributed by atoms with Gasteiger partial charge in [0, 0.05) is 5.41 Å². The maximum absolute atomic E-state index is 11.7. The number of nitrogens with zero attached hydrogens (tertiary/aromatic N) is 3. The van der Waals surface area contributed by atoms with Gasteiger partial charge in [0.25, 0.3) is 5.89 Å². The number of aromatic nitrogens is 3. The lowest BCUT2D eigenvalue weighted by Crippen LogP contribution is -2.34. The van der Waals surface area contributed by atoms with Gasteiger partial charge in [-0.25, -0.2) is 4.98 Å². The predicted octanol–water partition coefficient (Wildman–Crippen LogP) is 2.16. The second-order valence-corrected chi connectivity index (χ2v) is 6.06. The highest BCUT2D eigenvalue weighted by atomic mass is 32.1. The number of amides is 1. The number of rotatable bonds is 3. The molecule has 0 fully saturated rings. The van der Waals surface area contributed by atoms with E-state index in [-0.39, 0.29) is 12.5 Å². The van der Waals surface area contributed by atoms with Crippen LogP contribution in [0, 0.1) is 12.3 Å². The van der Waals surface area contributed by atoms with E-state index in [0.717, 1.165) is 10.6 Å². The molecule has 0 spiro atoms. The van der Waals surface area contributed by atoms with Crippen molar-refractivity contribution in [3.8, 4) is 10.8 Å². The van der Waals surface area contributed by atoms with Gasteiger partial charge in [0.15, 0.2) is 0 Å². The van der Waals surface area contributed by atoms with Gasteiger partial charge in [0.05, 0.1) is 17.7 Å². The third-order valence-electron chi connectivity index (χ3n) is 2.49. The molecule has 0 saturated carbocycles. The Morgan fingerprint density at radius 3 is 2.74 bits per heavy atom. The first-order valence-electron chi connectivity index (χ1n) is 5.89. The molecule has 2 heterocycles. The van der Waals surface area contributed by atoms with Crippen molar-refractivity contribution in [3.05, 3.63) is 17.1 Å². The van der Waals surface area contributed by atoms with Crippen molar-refractivity contribution in [2.45, 2.75) is 34.2 Å². The minimum absolute atomic E-state index is 0.0544. The number of hydrogen-bond donors (Lipinski definition) is 1. The van der Waals surface area contributed by atoms with Gasteiger partial charge in [0.1, 0.15) is 4.88 Å². The highest BCUT2D eigenvalue weighted by molar-refractivity contribution is 7.13. The molecule has 7 heteroatoms. The fourth-order valence-electron chi connectivity index (χ4n) is 1.35. The van der Waals surface area contributed by atoms with Gasteiger partial charge in [-0.15, -0.1) is 21.5 Å². The third-order valence-corrected chi connectivity index (χ3v) is 3.40. The Kier molecular flexibility index (Phi) is 3.66. The molecule has 0 aliphatic rings.